The lowest BCUT2D eigenvalue weighted by molar-refractivity contribution is -0.286. The van der Waals surface area contributed by atoms with Crippen LogP contribution in [0.25, 0.3) is 0 Å². The number of ether oxygens (including phenoxy) is 1. The van der Waals surface area contributed by atoms with Crippen molar-refractivity contribution < 1.29 is 35.4 Å². The van der Waals surface area contributed by atoms with Crippen LogP contribution < -0.4 is 0 Å². The standard InChI is InChI=1S/C6H12O6.C2H6O/c7-1-2-3(8)4(9)5(10)6(11)12-2;1-2-3/h2-11H,1H2;3H,2H2,1H3/t2-,3-,4+,5-,6-;/m1./s1. The zero-order chi connectivity index (χ0) is 12.0. The highest BCUT2D eigenvalue weighted by atomic mass is 16.6. The number of hydrogen-bond donors (Lipinski definition) is 6. The SMILES string of the molecule is CCO.OC[C@H]1O[C@@H](O)[C@H](O)[C@@H](O)[C@@H]1O. The van der Waals surface area contributed by atoms with E-state index in [1.54, 1.807) is 6.92 Å². The van der Waals surface area contributed by atoms with Gasteiger partial charge in [0, 0.05) is 6.61 Å². The van der Waals surface area contributed by atoms with Gasteiger partial charge in [-0.15, -0.1) is 0 Å². The Hall–Kier alpha value is -0.280. The van der Waals surface area contributed by atoms with E-state index in [1.807, 2.05) is 0 Å². The fraction of sp³-hybridized carbons (Fsp3) is 1.00. The van der Waals surface area contributed by atoms with Crippen LogP contribution in [0.15, 0.2) is 0 Å². The maximum atomic E-state index is 9.12. The summed E-state index contributed by atoms with van der Waals surface area (Å²) < 4.78 is 4.58. The van der Waals surface area contributed by atoms with E-state index in [-0.39, 0.29) is 6.61 Å². The second kappa shape index (κ2) is 7.07. The summed E-state index contributed by atoms with van der Waals surface area (Å²) in [6, 6.07) is 0. The smallest absolute Gasteiger partial charge is 0.184 e. The molecule has 0 spiro atoms. The van der Waals surface area contributed by atoms with Crippen LogP contribution in [-0.2, 0) is 4.74 Å². The van der Waals surface area contributed by atoms with Crippen LogP contribution in [0, 0.1) is 0 Å². The van der Waals surface area contributed by atoms with Gasteiger partial charge >= 0.3 is 0 Å². The van der Waals surface area contributed by atoms with Crippen LogP contribution in [-0.4, -0.2) is 74.6 Å². The zero-order valence-corrected chi connectivity index (χ0v) is 8.39. The Morgan fingerprint density at radius 3 is 1.80 bits per heavy atom. The summed E-state index contributed by atoms with van der Waals surface area (Å²) in [6.07, 6.45) is -7.04. The third-order valence-electron chi connectivity index (χ3n) is 1.87. The highest BCUT2D eigenvalue weighted by Gasteiger charge is 2.42. The number of aliphatic hydroxyl groups excluding tert-OH is 6. The molecule has 0 saturated carbocycles. The summed E-state index contributed by atoms with van der Waals surface area (Å²) in [5, 5.41) is 52.2. The molecule has 1 fully saturated rings. The first kappa shape index (κ1) is 14.7. The van der Waals surface area contributed by atoms with Crippen molar-refractivity contribution in [3.63, 3.8) is 0 Å². The molecule has 15 heavy (non-hydrogen) atoms. The van der Waals surface area contributed by atoms with Gasteiger partial charge < -0.3 is 35.4 Å². The van der Waals surface area contributed by atoms with E-state index in [4.69, 9.17) is 30.6 Å². The lowest BCUT2D eigenvalue weighted by atomic mass is 10.00. The van der Waals surface area contributed by atoms with Crippen molar-refractivity contribution >= 4 is 0 Å². The molecule has 1 aliphatic rings. The van der Waals surface area contributed by atoms with Crippen molar-refractivity contribution in [3.05, 3.63) is 0 Å². The summed E-state index contributed by atoms with van der Waals surface area (Å²) in [5.74, 6) is 0. The van der Waals surface area contributed by atoms with Crippen LogP contribution in [0.5, 0.6) is 0 Å². The van der Waals surface area contributed by atoms with Gasteiger partial charge in [0.15, 0.2) is 6.29 Å². The molecule has 0 amide bonds. The highest BCUT2D eigenvalue weighted by Crippen LogP contribution is 2.18. The molecule has 0 radical (unpaired) electrons. The van der Waals surface area contributed by atoms with Crippen molar-refractivity contribution in [2.24, 2.45) is 0 Å². The topological polar surface area (TPSA) is 131 Å². The van der Waals surface area contributed by atoms with Crippen molar-refractivity contribution in [1.29, 1.82) is 0 Å². The molecule has 0 bridgehead atoms. The predicted molar refractivity (Wildman–Crippen MR) is 48.7 cm³/mol. The normalized spacial score (nSPS) is 40.6. The van der Waals surface area contributed by atoms with Crippen molar-refractivity contribution in [3.8, 4) is 0 Å². The minimum absolute atomic E-state index is 0.250. The monoisotopic (exact) mass is 226 g/mol. The van der Waals surface area contributed by atoms with Gasteiger partial charge in [-0.3, -0.25) is 0 Å². The van der Waals surface area contributed by atoms with E-state index in [9.17, 15) is 0 Å². The molecule has 0 aromatic carbocycles. The van der Waals surface area contributed by atoms with Crippen LogP contribution >= 0.6 is 0 Å². The lowest BCUT2D eigenvalue weighted by Crippen LogP contribution is -2.58. The van der Waals surface area contributed by atoms with Gasteiger partial charge in [-0.1, -0.05) is 0 Å². The predicted octanol–water partition coefficient (Wildman–Crippen LogP) is -3.22. The number of aliphatic hydroxyl groups is 6. The molecule has 0 aromatic rings. The Labute approximate surface area is 87.2 Å². The van der Waals surface area contributed by atoms with Crippen LogP contribution in [0.2, 0.25) is 0 Å². The van der Waals surface area contributed by atoms with Crippen LogP contribution in [0.3, 0.4) is 0 Å². The lowest BCUT2D eigenvalue weighted by Gasteiger charge is -2.37. The summed E-state index contributed by atoms with van der Waals surface area (Å²) in [4.78, 5) is 0. The highest BCUT2D eigenvalue weighted by molar-refractivity contribution is 4.87. The average molecular weight is 226 g/mol. The van der Waals surface area contributed by atoms with E-state index < -0.39 is 37.3 Å². The van der Waals surface area contributed by atoms with Crippen molar-refractivity contribution in [1.82, 2.24) is 0 Å². The molecule has 1 heterocycles. The average Bonchev–Trinajstić information content (AvgIpc) is 2.21. The fourth-order valence-electron chi connectivity index (χ4n) is 1.08. The van der Waals surface area contributed by atoms with E-state index in [2.05, 4.69) is 4.74 Å². The first-order valence-corrected chi connectivity index (χ1v) is 4.59. The first-order valence-electron chi connectivity index (χ1n) is 4.59. The number of rotatable bonds is 1. The maximum absolute atomic E-state index is 9.12. The van der Waals surface area contributed by atoms with Gasteiger partial charge in [0.2, 0.25) is 0 Å². The summed E-state index contributed by atoms with van der Waals surface area (Å²) in [7, 11) is 0. The largest absolute Gasteiger partial charge is 0.397 e. The van der Waals surface area contributed by atoms with Crippen LogP contribution in [0.4, 0.5) is 0 Å². The molecule has 0 aromatic heterocycles. The third-order valence-corrected chi connectivity index (χ3v) is 1.87. The molecule has 7 heteroatoms. The van der Waals surface area contributed by atoms with E-state index >= 15 is 0 Å². The van der Waals surface area contributed by atoms with E-state index in [0.717, 1.165) is 0 Å². The summed E-state index contributed by atoms with van der Waals surface area (Å²) in [6.45, 7) is 1.40. The molecular weight excluding hydrogens is 208 g/mol. The molecular formula is C8H18O7. The molecule has 6 N–H and O–H groups in total. The first-order chi connectivity index (χ1) is 6.99. The van der Waals surface area contributed by atoms with Gasteiger partial charge in [0.05, 0.1) is 6.61 Å². The van der Waals surface area contributed by atoms with Gasteiger partial charge in [-0.05, 0) is 6.92 Å². The Kier molecular flexibility index (Phi) is 6.94. The Morgan fingerprint density at radius 2 is 1.40 bits per heavy atom. The molecule has 92 valence electrons. The van der Waals surface area contributed by atoms with Crippen molar-refractivity contribution in [2.45, 2.75) is 37.6 Å². The van der Waals surface area contributed by atoms with Crippen LogP contribution in [0.1, 0.15) is 6.92 Å². The van der Waals surface area contributed by atoms with E-state index in [0.29, 0.717) is 0 Å². The molecule has 1 saturated heterocycles. The summed E-state index contributed by atoms with van der Waals surface area (Å²) >= 11 is 0. The Bertz CT molecular complexity index is 160. The van der Waals surface area contributed by atoms with Gasteiger partial charge in [0.25, 0.3) is 0 Å². The Balaban J connectivity index is 0.000000583. The molecule has 0 unspecified atom stereocenters. The second-order valence-corrected chi connectivity index (χ2v) is 3.04. The molecule has 1 rings (SSSR count). The molecule has 1 aliphatic heterocycles. The minimum Gasteiger partial charge on any atom is -0.397 e. The minimum atomic E-state index is -1.57. The molecule has 0 aliphatic carbocycles. The number of hydrogen-bond acceptors (Lipinski definition) is 7. The van der Waals surface area contributed by atoms with Gasteiger partial charge in [-0.2, -0.15) is 0 Å². The van der Waals surface area contributed by atoms with Crippen molar-refractivity contribution in [2.75, 3.05) is 13.2 Å². The quantitative estimate of drug-likeness (QED) is 0.277. The molecule has 5 atom stereocenters. The van der Waals surface area contributed by atoms with Gasteiger partial charge in [-0.25, -0.2) is 0 Å². The Morgan fingerprint density at radius 1 is 0.933 bits per heavy atom. The second-order valence-electron chi connectivity index (χ2n) is 3.04. The third kappa shape index (κ3) is 3.99. The maximum Gasteiger partial charge on any atom is 0.184 e. The van der Waals surface area contributed by atoms with Gasteiger partial charge in [0.1, 0.15) is 24.4 Å². The summed E-state index contributed by atoms with van der Waals surface area (Å²) in [5.41, 5.74) is 0. The fourth-order valence-corrected chi connectivity index (χ4v) is 1.08. The zero-order valence-electron chi connectivity index (χ0n) is 8.39. The molecule has 7 nitrogen and oxygen atoms in total. The van der Waals surface area contributed by atoms with E-state index in [1.165, 1.54) is 0 Å².